The SMILES string of the molecule is Cc1ccc(-c2nnc(NC(=O)c3cccc(S(=O)(=O)N4CCC(C)CC4)c3)s2)cc1. The van der Waals surface area contributed by atoms with Gasteiger partial charge in [-0.3, -0.25) is 10.1 Å². The van der Waals surface area contributed by atoms with Gasteiger partial charge in [-0.2, -0.15) is 4.31 Å². The van der Waals surface area contributed by atoms with Crippen LogP contribution in [0.4, 0.5) is 5.13 Å². The van der Waals surface area contributed by atoms with Crippen molar-refractivity contribution in [3.05, 3.63) is 59.7 Å². The molecule has 1 N–H and O–H groups in total. The quantitative estimate of drug-likeness (QED) is 0.622. The number of carbonyl (C=O) groups is 1. The third kappa shape index (κ3) is 4.84. The second-order valence-electron chi connectivity index (χ2n) is 7.85. The summed E-state index contributed by atoms with van der Waals surface area (Å²) in [5.74, 6) is 0.108. The third-order valence-corrected chi connectivity index (χ3v) is 8.20. The highest BCUT2D eigenvalue weighted by molar-refractivity contribution is 7.89. The Bertz CT molecular complexity index is 1180. The predicted octanol–water partition coefficient (Wildman–Crippen LogP) is 4.19. The zero-order valence-electron chi connectivity index (χ0n) is 17.4. The molecule has 0 atom stereocenters. The maximum atomic E-state index is 13.0. The number of aromatic nitrogens is 2. The molecule has 1 saturated heterocycles. The van der Waals surface area contributed by atoms with Gasteiger partial charge in [-0.05, 0) is 43.9 Å². The fourth-order valence-corrected chi connectivity index (χ4v) is 5.69. The van der Waals surface area contributed by atoms with Crippen LogP contribution in [0.25, 0.3) is 10.6 Å². The maximum absolute atomic E-state index is 13.0. The average molecular weight is 457 g/mol. The van der Waals surface area contributed by atoms with Crippen molar-refractivity contribution in [1.82, 2.24) is 14.5 Å². The van der Waals surface area contributed by atoms with Crippen LogP contribution < -0.4 is 5.32 Å². The number of hydrogen-bond acceptors (Lipinski definition) is 6. The molecule has 2 aromatic carbocycles. The molecule has 1 aliphatic rings. The second-order valence-corrected chi connectivity index (χ2v) is 10.8. The summed E-state index contributed by atoms with van der Waals surface area (Å²) in [5.41, 5.74) is 2.33. The summed E-state index contributed by atoms with van der Waals surface area (Å²) in [5, 5.41) is 12.0. The van der Waals surface area contributed by atoms with E-state index in [4.69, 9.17) is 0 Å². The molecule has 1 amide bonds. The number of sulfonamides is 1. The van der Waals surface area contributed by atoms with Crippen LogP contribution in [0.3, 0.4) is 0 Å². The normalized spacial score (nSPS) is 15.7. The second kappa shape index (κ2) is 8.86. The van der Waals surface area contributed by atoms with Gasteiger partial charge in [-0.15, -0.1) is 10.2 Å². The van der Waals surface area contributed by atoms with E-state index in [1.54, 1.807) is 12.1 Å². The average Bonchev–Trinajstić information content (AvgIpc) is 3.23. The smallest absolute Gasteiger partial charge is 0.257 e. The van der Waals surface area contributed by atoms with Gasteiger partial charge in [-0.1, -0.05) is 54.2 Å². The molecule has 1 fully saturated rings. The van der Waals surface area contributed by atoms with E-state index in [-0.39, 0.29) is 10.5 Å². The van der Waals surface area contributed by atoms with Crippen LogP contribution in [0.15, 0.2) is 53.4 Å². The molecular weight excluding hydrogens is 432 g/mol. The highest BCUT2D eigenvalue weighted by atomic mass is 32.2. The Kier molecular flexibility index (Phi) is 6.17. The van der Waals surface area contributed by atoms with Crippen molar-refractivity contribution in [2.45, 2.75) is 31.6 Å². The Hall–Kier alpha value is -2.62. The van der Waals surface area contributed by atoms with E-state index in [1.807, 2.05) is 31.2 Å². The van der Waals surface area contributed by atoms with Gasteiger partial charge in [0, 0.05) is 24.2 Å². The van der Waals surface area contributed by atoms with Gasteiger partial charge in [0.25, 0.3) is 5.91 Å². The molecule has 0 aliphatic carbocycles. The van der Waals surface area contributed by atoms with Gasteiger partial charge in [0.15, 0.2) is 0 Å². The number of hydrogen-bond donors (Lipinski definition) is 1. The topological polar surface area (TPSA) is 92.3 Å². The largest absolute Gasteiger partial charge is 0.296 e. The minimum Gasteiger partial charge on any atom is -0.296 e. The van der Waals surface area contributed by atoms with E-state index < -0.39 is 15.9 Å². The molecule has 3 aromatic rings. The number of amides is 1. The monoisotopic (exact) mass is 456 g/mol. The summed E-state index contributed by atoms with van der Waals surface area (Å²) in [7, 11) is -3.62. The lowest BCUT2D eigenvalue weighted by Crippen LogP contribution is -2.37. The highest BCUT2D eigenvalue weighted by Gasteiger charge is 2.28. The number of carbonyl (C=O) groups excluding carboxylic acids is 1. The van der Waals surface area contributed by atoms with E-state index in [9.17, 15) is 13.2 Å². The first kappa shape index (κ1) is 21.6. The van der Waals surface area contributed by atoms with Crippen LogP contribution in [0, 0.1) is 12.8 Å². The predicted molar refractivity (Wildman–Crippen MR) is 122 cm³/mol. The fraction of sp³-hybridized carbons (Fsp3) is 0.318. The first-order chi connectivity index (χ1) is 14.8. The molecule has 4 rings (SSSR count). The van der Waals surface area contributed by atoms with Crippen LogP contribution >= 0.6 is 11.3 Å². The number of rotatable bonds is 5. The zero-order chi connectivity index (χ0) is 22.0. The Balaban J connectivity index is 1.49. The molecule has 2 heterocycles. The minimum atomic E-state index is -3.62. The molecule has 9 heteroatoms. The van der Waals surface area contributed by atoms with Crippen molar-refractivity contribution in [2.75, 3.05) is 18.4 Å². The number of piperidine rings is 1. The number of nitrogens with zero attached hydrogens (tertiary/aromatic N) is 3. The number of benzene rings is 2. The van der Waals surface area contributed by atoms with Gasteiger partial charge in [0.1, 0.15) is 5.01 Å². The Labute approximate surface area is 186 Å². The van der Waals surface area contributed by atoms with Gasteiger partial charge >= 0.3 is 0 Å². The lowest BCUT2D eigenvalue weighted by molar-refractivity contribution is 0.102. The van der Waals surface area contributed by atoms with E-state index in [0.717, 1.165) is 24.0 Å². The molecule has 1 aliphatic heterocycles. The van der Waals surface area contributed by atoms with Crippen molar-refractivity contribution in [2.24, 2.45) is 5.92 Å². The fourth-order valence-electron chi connectivity index (χ4n) is 3.43. The maximum Gasteiger partial charge on any atom is 0.257 e. The van der Waals surface area contributed by atoms with Crippen molar-refractivity contribution < 1.29 is 13.2 Å². The summed E-state index contributed by atoms with van der Waals surface area (Å²) in [6.45, 7) is 5.15. The lowest BCUT2D eigenvalue weighted by atomic mass is 10.0. The lowest BCUT2D eigenvalue weighted by Gasteiger charge is -2.29. The summed E-state index contributed by atoms with van der Waals surface area (Å²) in [6.07, 6.45) is 1.69. The van der Waals surface area contributed by atoms with Crippen molar-refractivity contribution in [3.8, 4) is 10.6 Å². The van der Waals surface area contributed by atoms with Crippen molar-refractivity contribution in [3.63, 3.8) is 0 Å². The van der Waals surface area contributed by atoms with E-state index >= 15 is 0 Å². The van der Waals surface area contributed by atoms with E-state index in [1.165, 1.54) is 27.8 Å². The van der Waals surface area contributed by atoms with Gasteiger partial charge in [0.2, 0.25) is 15.2 Å². The van der Waals surface area contributed by atoms with E-state index in [0.29, 0.717) is 29.1 Å². The first-order valence-corrected chi connectivity index (χ1v) is 12.4. The Morgan fingerprint density at radius 2 is 1.81 bits per heavy atom. The van der Waals surface area contributed by atoms with Crippen LogP contribution in [0.2, 0.25) is 0 Å². The Morgan fingerprint density at radius 3 is 2.52 bits per heavy atom. The molecule has 0 radical (unpaired) electrons. The molecule has 1 aromatic heterocycles. The molecule has 0 unspecified atom stereocenters. The minimum absolute atomic E-state index is 0.132. The van der Waals surface area contributed by atoms with Crippen LogP contribution in [-0.2, 0) is 10.0 Å². The van der Waals surface area contributed by atoms with Gasteiger partial charge in [-0.25, -0.2) is 8.42 Å². The van der Waals surface area contributed by atoms with Gasteiger partial charge < -0.3 is 0 Å². The number of anilines is 1. The molecule has 0 bridgehead atoms. The zero-order valence-corrected chi connectivity index (χ0v) is 19.0. The van der Waals surface area contributed by atoms with E-state index in [2.05, 4.69) is 22.4 Å². The number of aryl methyl sites for hydroxylation is 1. The highest BCUT2D eigenvalue weighted by Crippen LogP contribution is 2.27. The van der Waals surface area contributed by atoms with Crippen molar-refractivity contribution in [1.29, 1.82) is 0 Å². The molecule has 7 nitrogen and oxygen atoms in total. The van der Waals surface area contributed by atoms with Crippen molar-refractivity contribution >= 4 is 32.4 Å². The van der Waals surface area contributed by atoms with Crippen LogP contribution in [-0.4, -0.2) is 41.9 Å². The molecule has 0 spiro atoms. The first-order valence-electron chi connectivity index (χ1n) is 10.1. The molecular formula is C22H24N4O3S2. The Morgan fingerprint density at radius 1 is 1.10 bits per heavy atom. The molecule has 31 heavy (non-hydrogen) atoms. The summed E-state index contributed by atoms with van der Waals surface area (Å²) >= 11 is 1.27. The summed E-state index contributed by atoms with van der Waals surface area (Å²) in [4.78, 5) is 12.9. The van der Waals surface area contributed by atoms with Gasteiger partial charge in [0.05, 0.1) is 4.90 Å². The molecule has 0 saturated carbocycles. The van der Waals surface area contributed by atoms with Crippen LogP contribution in [0.1, 0.15) is 35.7 Å². The summed E-state index contributed by atoms with van der Waals surface area (Å²) < 4.78 is 27.5. The standard InChI is InChI=1S/C22H24N4O3S2/c1-15-6-8-17(9-7-15)21-24-25-22(30-21)23-20(27)18-4-3-5-19(14-18)31(28,29)26-12-10-16(2)11-13-26/h3-9,14,16H,10-13H2,1-2H3,(H,23,25,27). The number of nitrogens with one attached hydrogen (secondary N) is 1. The molecule has 162 valence electrons. The van der Waals surface area contributed by atoms with Crippen LogP contribution in [0.5, 0.6) is 0 Å². The summed E-state index contributed by atoms with van der Waals surface area (Å²) in [6, 6.07) is 14.0. The third-order valence-electron chi connectivity index (χ3n) is 5.42.